The molecule has 6 heteroatoms. The van der Waals surface area contributed by atoms with Gasteiger partial charge in [-0.15, -0.1) is 10.2 Å². The molecule has 0 saturated heterocycles. The molecule has 30 heavy (non-hydrogen) atoms. The number of nitrogens with zero attached hydrogens (tertiary/aromatic N) is 3. The summed E-state index contributed by atoms with van der Waals surface area (Å²) in [6.07, 6.45) is 1.92. The lowest BCUT2D eigenvalue weighted by atomic mass is 9.86. The van der Waals surface area contributed by atoms with Crippen LogP contribution in [0.2, 0.25) is 0 Å². The molecular weight excluding hydrogens is 376 g/mol. The Bertz CT molecular complexity index is 1190. The van der Waals surface area contributed by atoms with Crippen molar-refractivity contribution in [2.75, 3.05) is 0 Å². The fraction of sp³-hybridized carbons (Fsp3) is 0.208. The minimum atomic E-state index is -0.452. The summed E-state index contributed by atoms with van der Waals surface area (Å²) in [5.41, 5.74) is 2.48. The van der Waals surface area contributed by atoms with Crippen LogP contribution in [-0.2, 0) is 4.79 Å². The number of nitrogens with one attached hydrogen (secondary N) is 1. The number of pyridine rings is 1. The van der Waals surface area contributed by atoms with Gasteiger partial charge in [0.2, 0.25) is 5.91 Å². The van der Waals surface area contributed by atoms with Gasteiger partial charge in [0.1, 0.15) is 11.5 Å². The molecule has 150 valence electrons. The quantitative estimate of drug-likeness (QED) is 0.550. The van der Waals surface area contributed by atoms with Gasteiger partial charge in [0.25, 0.3) is 0 Å². The van der Waals surface area contributed by atoms with Crippen LogP contribution in [-0.4, -0.2) is 20.5 Å². The minimum Gasteiger partial charge on any atom is -0.457 e. The number of aromatic nitrogens is 3. The first-order valence-corrected chi connectivity index (χ1v) is 10.1. The number of para-hydroxylation sites is 2. The van der Waals surface area contributed by atoms with Crippen LogP contribution in [0.3, 0.4) is 0 Å². The van der Waals surface area contributed by atoms with Crippen molar-refractivity contribution in [2.24, 2.45) is 5.92 Å². The summed E-state index contributed by atoms with van der Waals surface area (Å²) >= 11 is 0. The van der Waals surface area contributed by atoms with E-state index in [2.05, 4.69) is 29.4 Å². The van der Waals surface area contributed by atoms with Crippen LogP contribution < -0.4 is 10.1 Å². The van der Waals surface area contributed by atoms with Crippen LogP contribution in [0.25, 0.3) is 5.65 Å². The second-order valence-electron chi connectivity index (χ2n) is 7.83. The van der Waals surface area contributed by atoms with E-state index < -0.39 is 5.92 Å². The maximum Gasteiger partial charge on any atom is 0.232 e. The van der Waals surface area contributed by atoms with Crippen molar-refractivity contribution in [3.05, 3.63) is 89.9 Å². The highest BCUT2D eigenvalue weighted by Gasteiger charge is 2.34. The van der Waals surface area contributed by atoms with E-state index in [1.807, 2.05) is 77.3 Å². The van der Waals surface area contributed by atoms with Gasteiger partial charge in [-0.05, 0) is 30.2 Å². The number of benzene rings is 2. The van der Waals surface area contributed by atoms with E-state index in [4.69, 9.17) is 4.74 Å². The molecule has 2 aromatic heterocycles. The summed E-state index contributed by atoms with van der Waals surface area (Å²) in [5, 5.41) is 11.9. The molecule has 0 saturated carbocycles. The molecule has 2 aromatic carbocycles. The fourth-order valence-corrected chi connectivity index (χ4v) is 4.03. The minimum absolute atomic E-state index is 0.0791. The third kappa shape index (κ3) is 3.01. The Morgan fingerprint density at radius 1 is 0.933 bits per heavy atom. The number of fused-ring (bicyclic) bond motifs is 3. The topological polar surface area (TPSA) is 68.5 Å². The van der Waals surface area contributed by atoms with E-state index in [9.17, 15) is 4.79 Å². The van der Waals surface area contributed by atoms with E-state index in [-0.39, 0.29) is 17.9 Å². The Labute approximate surface area is 174 Å². The van der Waals surface area contributed by atoms with Crippen LogP contribution in [0.4, 0.5) is 0 Å². The van der Waals surface area contributed by atoms with E-state index in [1.165, 1.54) is 0 Å². The van der Waals surface area contributed by atoms with Gasteiger partial charge in [-0.1, -0.05) is 56.3 Å². The van der Waals surface area contributed by atoms with Gasteiger partial charge in [0.05, 0.1) is 12.0 Å². The van der Waals surface area contributed by atoms with Crippen LogP contribution in [0.1, 0.15) is 42.8 Å². The predicted molar refractivity (Wildman–Crippen MR) is 114 cm³/mol. The zero-order valence-electron chi connectivity index (χ0n) is 16.8. The summed E-state index contributed by atoms with van der Waals surface area (Å²) in [4.78, 5) is 13.6. The third-order valence-corrected chi connectivity index (χ3v) is 5.52. The highest BCUT2D eigenvalue weighted by atomic mass is 16.5. The van der Waals surface area contributed by atoms with E-state index in [0.29, 0.717) is 11.5 Å². The highest BCUT2D eigenvalue weighted by Crippen LogP contribution is 2.44. The first kappa shape index (κ1) is 18.4. The molecule has 1 unspecified atom stereocenters. The van der Waals surface area contributed by atoms with Crippen molar-refractivity contribution >= 4 is 11.6 Å². The Morgan fingerprint density at radius 2 is 1.57 bits per heavy atom. The highest BCUT2D eigenvalue weighted by molar-refractivity contribution is 5.90. The van der Waals surface area contributed by atoms with Crippen molar-refractivity contribution in [3.8, 4) is 11.5 Å². The molecule has 0 spiro atoms. The molecule has 0 aliphatic carbocycles. The van der Waals surface area contributed by atoms with Gasteiger partial charge in [-0.25, -0.2) is 0 Å². The van der Waals surface area contributed by atoms with Crippen LogP contribution in [0, 0.1) is 5.92 Å². The number of carbonyl (C=O) groups excluding carboxylic acids is 1. The van der Waals surface area contributed by atoms with Gasteiger partial charge in [0.15, 0.2) is 11.5 Å². The van der Waals surface area contributed by atoms with Crippen molar-refractivity contribution in [1.29, 1.82) is 0 Å². The number of rotatable bonds is 4. The lowest BCUT2D eigenvalue weighted by Gasteiger charge is -2.29. The van der Waals surface area contributed by atoms with Crippen LogP contribution in [0.5, 0.6) is 11.5 Å². The fourth-order valence-electron chi connectivity index (χ4n) is 4.03. The summed E-state index contributed by atoms with van der Waals surface area (Å²) in [6, 6.07) is 20.9. The molecule has 0 fully saturated rings. The second kappa shape index (κ2) is 7.30. The van der Waals surface area contributed by atoms with Crippen molar-refractivity contribution in [1.82, 2.24) is 19.9 Å². The van der Waals surface area contributed by atoms with Crippen molar-refractivity contribution in [3.63, 3.8) is 0 Å². The predicted octanol–water partition coefficient (Wildman–Crippen LogP) is 4.48. The molecule has 1 aliphatic heterocycles. The Hall–Kier alpha value is -3.67. The number of hydrogen-bond acceptors (Lipinski definition) is 4. The van der Waals surface area contributed by atoms with E-state index in [1.54, 1.807) is 0 Å². The van der Waals surface area contributed by atoms with Gasteiger partial charge in [-0.2, -0.15) is 0 Å². The number of carbonyl (C=O) groups is 1. The molecule has 1 N–H and O–H groups in total. The maximum absolute atomic E-state index is 13.6. The molecule has 5 rings (SSSR count). The maximum atomic E-state index is 13.6. The Balaban J connectivity index is 1.54. The molecule has 0 radical (unpaired) electrons. The van der Waals surface area contributed by atoms with Crippen LogP contribution in [0.15, 0.2) is 72.9 Å². The number of hydrogen-bond donors (Lipinski definition) is 1. The van der Waals surface area contributed by atoms with Crippen molar-refractivity contribution < 1.29 is 9.53 Å². The van der Waals surface area contributed by atoms with E-state index >= 15 is 0 Å². The van der Waals surface area contributed by atoms with Gasteiger partial charge in [0, 0.05) is 17.3 Å². The largest absolute Gasteiger partial charge is 0.457 e. The average molecular weight is 398 g/mol. The smallest absolute Gasteiger partial charge is 0.232 e. The SMILES string of the molecule is CC(C)C(NC(=O)C1c2ccccc2Oc2ccccc21)c1nnc2ccccn12. The van der Waals surface area contributed by atoms with Gasteiger partial charge in [-0.3, -0.25) is 9.20 Å². The molecular formula is C24H22N4O2. The first-order valence-electron chi connectivity index (χ1n) is 10.1. The molecule has 6 nitrogen and oxygen atoms in total. The average Bonchev–Trinajstić information content (AvgIpc) is 3.19. The zero-order valence-corrected chi connectivity index (χ0v) is 16.8. The van der Waals surface area contributed by atoms with Crippen LogP contribution >= 0.6 is 0 Å². The standard InChI is InChI=1S/C24H22N4O2/c1-15(2)22(23-27-26-20-13-7-8-14-28(20)23)25-24(29)21-16-9-3-5-11-18(16)30-19-12-6-4-10-17(19)21/h3-15,21-22H,1-2H3,(H,25,29). The number of ether oxygens (including phenoxy) is 1. The molecule has 0 bridgehead atoms. The van der Waals surface area contributed by atoms with Crippen molar-refractivity contribution in [2.45, 2.75) is 25.8 Å². The lowest BCUT2D eigenvalue weighted by molar-refractivity contribution is -0.123. The molecule has 1 aliphatic rings. The van der Waals surface area contributed by atoms with Gasteiger partial charge >= 0.3 is 0 Å². The third-order valence-electron chi connectivity index (χ3n) is 5.52. The van der Waals surface area contributed by atoms with Gasteiger partial charge < -0.3 is 10.1 Å². The zero-order chi connectivity index (χ0) is 20.7. The normalized spacial score (nSPS) is 14.1. The van der Waals surface area contributed by atoms with E-state index in [0.717, 1.165) is 22.6 Å². The monoisotopic (exact) mass is 398 g/mol. The molecule has 4 aromatic rings. The summed E-state index contributed by atoms with van der Waals surface area (Å²) < 4.78 is 7.96. The summed E-state index contributed by atoms with van der Waals surface area (Å²) in [7, 11) is 0. The Kier molecular flexibility index (Phi) is 4.47. The Morgan fingerprint density at radius 3 is 2.23 bits per heavy atom. The molecule has 1 amide bonds. The summed E-state index contributed by atoms with van der Waals surface area (Å²) in [6.45, 7) is 4.14. The first-order chi connectivity index (χ1) is 14.6. The summed E-state index contributed by atoms with van der Waals surface area (Å²) in [5.74, 6) is 1.75. The lowest BCUT2D eigenvalue weighted by Crippen LogP contribution is -2.37. The molecule has 3 heterocycles. The molecule has 1 atom stereocenters. The number of amides is 1. The second-order valence-corrected chi connectivity index (χ2v) is 7.83.